The van der Waals surface area contributed by atoms with Gasteiger partial charge in [-0.1, -0.05) is 6.92 Å². The minimum atomic E-state index is -3.61. The van der Waals surface area contributed by atoms with E-state index in [4.69, 9.17) is 14.2 Å². The Bertz CT molecular complexity index is 1070. The van der Waals surface area contributed by atoms with Gasteiger partial charge in [0, 0.05) is 45.1 Å². The average molecular weight is 508 g/mol. The first-order valence-electron chi connectivity index (χ1n) is 12.3. The van der Waals surface area contributed by atoms with Crippen molar-refractivity contribution in [1.82, 2.24) is 24.7 Å². The maximum Gasteiger partial charge on any atom is 0.160 e. The molecule has 0 spiro atoms. The molecule has 0 radical (unpaired) electrons. The second-order valence-corrected chi connectivity index (χ2v) is 12.2. The molecule has 11 heteroatoms. The third kappa shape index (κ3) is 5.42. The molecule has 2 aliphatic rings. The molecule has 1 saturated carbocycles. The molecular weight excluding hydrogens is 470 g/mol. The quantitative estimate of drug-likeness (QED) is 0.505. The Morgan fingerprint density at radius 2 is 1.74 bits per heavy atom. The predicted molar refractivity (Wildman–Crippen MR) is 130 cm³/mol. The number of sulfone groups is 1. The maximum absolute atomic E-state index is 13.6. The minimum absolute atomic E-state index is 0.0631. The Kier molecular flexibility index (Phi) is 8.19. The topological polar surface area (TPSA) is 118 Å². The van der Waals surface area contributed by atoms with E-state index in [1.165, 1.54) is 0 Å². The summed E-state index contributed by atoms with van der Waals surface area (Å²) in [7, 11) is -0.218. The first-order chi connectivity index (χ1) is 16.8. The van der Waals surface area contributed by atoms with Gasteiger partial charge < -0.3 is 18.8 Å². The standard InChI is InChI=1S/C24H37N5O5S/c1-15-11-25-23(26-12-15)16(2)17(3)35(30,31)14-21-27-28-24(18-9-10-34-13-18)29(21)22-19(32-4)7-6-8-20(22)33-5/h11-12,16-20,22H,6-10,13-14H2,1-5H3/t16-,17-,18+,19-,20+,22?/m0/s1. The van der Waals surface area contributed by atoms with Gasteiger partial charge >= 0.3 is 0 Å². The van der Waals surface area contributed by atoms with Gasteiger partial charge in [-0.25, -0.2) is 18.4 Å². The minimum Gasteiger partial charge on any atom is -0.381 e. The van der Waals surface area contributed by atoms with Crippen molar-refractivity contribution >= 4 is 9.84 Å². The van der Waals surface area contributed by atoms with Gasteiger partial charge in [0.25, 0.3) is 0 Å². The molecule has 194 valence electrons. The van der Waals surface area contributed by atoms with Crippen molar-refractivity contribution in [3.8, 4) is 0 Å². The highest BCUT2D eigenvalue weighted by atomic mass is 32.2. The highest BCUT2D eigenvalue weighted by Gasteiger charge is 2.41. The Morgan fingerprint density at radius 1 is 1.09 bits per heavy atom. The van der Waals surface area contributed by atoms with Crippen molar-refractivity contribution in [2.45, 2.75) is 87.5 Å². The van der Waals surface area contributed by atoms with Crippen molar-refractivity contribution in [3.63, 3.8) is 0 Å². The summed E-state index contributed by atoms with van der Waals surface area (Å²) in [6.07, 6.45) is 6.72. The largest absolute Gasteiger partial charge is 0.381 e. The Balaban J connectivity index is 1.69. The van der Waals surface area contributed by atoms with E-state index in [1.54, 1.807) is 33.5 Å². The monoisotopic (exact) mass is 507 g/mol. The van der Waals surface area contributed by atoms with E-state index in [9.17, 15) is 8.42 Å². The highest BCUT2D eigenvalue weighted by molar-refractivity contribution is 7.91. The molecule has 3 heterocycles. The number of nitrogens with zero attached hydrogens (tertiary/aromatic N) is 5. The zero-order chi connectivity index (χ0) is 25.2. The SMILES string of the molecule is CO[C@H]1CCC[C@@H](OC)C1n1c(CS(=O)(=O)[C@@H](C)[C@H](C)c2ncc(C)cn2)nnc1[C@@H]1CCOC1. The highest BCUT2D eigenvalue weighted by Crippen LogP contribution is 2.37. The molecule has 6 atom stereocenters. The molecule has 0 amide bonds. The molecule has 1 unspecified atom stereocenters. The van der Waals surface area contributed by atoms with Gasteiger partial charge in [-0.05, 0) is 45.1 Å². The number of rotatable bonds is 9. The summed E-state index contributed by atoms with van der Waals surface area (Å²) in [6.45, 7) is 6.67. The van der Waals surface area contributed by atoms with E-state index in [1.807, 2.05) is 18.4 Å². The summed E-state index contributed by atoms with van der Waals surface area (Å²) in [4.78, 5) is 8.71. The van der Waals surface area contributed by atoms with Crippen LogP contribution in [0.3, 0.4) is 0 Å². The van der Waals surface area contributed by atoms with Gasteiger partial charge in [-0.2, -0.15) is 0 Å². The third-order valence-corrected chi connectivity index (χ3v) is 9.74. The molecule has 35 heavy (non-hydrogen) atoms. The number of ether oxygens (including phenoxy) is 3. The lowest BCUT2D eigenvalue weighted by Gasteiger charge is -2.39. The number of hydrogen-bond donors (Lipinski definition) is 0. The summed E-state index contributed by atoms with van der Waals surface area (Å²) in [6, 6.07) is -0.206. The lowest BCUT2D eigenvalue weighted by Crippen LogP contribution is -2.42. The number of hydrogen-bond acceptors (Lipinski definition) is 9. The predicted octanol–water partition coefficient (Wildman–Crippen LogP) is 2.74. The second-order valence-electron chi connectivity index (χ2n) is 9.79. The lowest BCUT2D eigenvalue weighted by atomic mass is 9.88. The van der Waals surface area contributed by atoms with Gasteiger partial charge in [0.1, 0.15) is 23.2 Å². The lowest BCUT2D eigenvalue weighted by molar-refractivity contribution is -0.0578. The fourth-order valence-electron chi connectivity index (χ4n) is 5.20. The van der Waals surface area contributed by atoms with Crippen LogP contribution in [0.4, 0.5) is 0 Å². The second kappa shape index (κ2) is 11.0. The van der Waals surface area contributed by atoms with E-state index < -0.39 is 15.1 Å². The molecule has 0 N–H and O–H groups in total. The van der Waals surface area contributed by atoms with Crippen LogP contribution in [-0.4, -0.2) is 78.0 Å². The Hall–Kier alpha value is -1.95. The molecule has 10 nitrogen and oxygen atoms in total. The number of aryl methyl sites for hydroxylation is 1. The molecule has 2 fully saturated rings. The van der Waals surface area contributed by atoms with E-state index >= 15 is 0 Å². The maximum atomic E-state index is 13.6. The van der Waals surface area contributed by atoms with Gasteiger partial charge in [0.05, 0.1) is 30.1 Å². The van der Waals surface area contributed by atoms with Crippen molar-refractivity contribution in [1.29, 1.82) is 0 Å². The normalized spacial score (nSPS) is 27.1. The van der Waals surface area contributed by atoms with Crippen LogP contribution in [0, 0.1) is 6.92 Å². The summed E-state index contributed by atoms with van der Waals surface area (Å²) < 4.78 is 46.6. The molecular formula is C24H37N5O5S. The number of aromatic nitrogens is 5. The fourth-order valence-corrected chi connectivity index (χ4v) is 6.76. The first-order valence-corrected chi connectivity index (χ1v) is 14.1. The van der Waals surface area contributed by atoms with Crippen LogP contribution in [0.25, 0.3) is 0 Å². The van der Waals surface area contributed by atoms with Crippen molar-refractivity contribution < 1.29 is 22.6 Å². The summed E-state index contributed by atoms with van der Waals surface area (Å²) in [5.74, 6) is 1.16. The van der Waals surface area contributed by atoms with Crippen LogP contribution in [-0.2, 0) is 29.8 Å². The zero-order valence-corrected chi connectivity index (χ0v) is 22.1. The van der Waals surface area contributed by atoms with E-state index in [-0.39, 0.29) is 35.8 Å². The van der Waals surface area contributed by atoms with Crippen LogP contribution < -0.4 is 0 Å². The van der Waals surface area contributed by atoms with Gasteiger partial charge in [-0.15, -0.1) is 10.2 Å². The Labute approximate surface area is 207 Å². The molecule has 0 bridgehead atoms. The zero-order valence-electron chi connectivity index (χ0n) is 21.3. The van der Waals surface area contributed by atoms with Gasteiger partial charge in [-0.3, -0.25) is 0 Å². The molecule has 1 aliphatic heterocycles. The van der Waals surface area contributed by atoms with Crippen LogP contribution in [0.2, 0.25) is 0 Å². The van der Waals surface area contributed by atoms with Crippen LogP contribution in [0.5, 0.6) is 0 Å². The average Bonchev–Trinajstić information content (AvgIpc) is 3.52. The van der Waals surface area contributed by atoms with Crippen molar-refractivity contribution in [2.75, 3.05) is 27.4 Å². The van der Waals surface area contributed by atoms with Crippen LogP contribution in [0.1, 0.15) is 80.4 Å². The number of methoxy groups -OCH3 is 2. The van der Waals surface area contributed by atoms with Gasteiger partial charge in [0.15, 0.2) is 9.84 Å². The molecule has 1 saturated heterocycles. The third-order valence-electron chi connectivity index (χ3n) is 7.54. The molecule has 2 aromatic rings. The summed E-state index contributed by atoms with van der Waals surface area (Å²) in [5, 5.41) is 8.22. The van der Waals surface area contributed by atoms with Crippen LogP contribution >= 0.6 is 0 Å². The molecule has 4 rings (SSSR count). The van der Waals surface area contributed by atoms with E-state index in [0.29, 0.717) is 24.9 Å². The van der Waals surface area contributed by atoms with Crippen LogP contribution in [0.15, 0.2) is 12.4 Å². The summed E-state index contributed by atoms with van der Waals surface area (Å²) in [5.41, 5.74) is 0.931. The molecule has 2 aromatic heterocycles. The van der Waals surface area contributed by atoms with Crippen molar-refractivity contribution in [3.05, 3.63) is 35.4 Å². The van der Waals surface area contributed by atoms with E-state index in [0.717, 1.165) is 37.1 Å². The first kappa shape index (κ1) is 26.1. The summed E-state index contributed by atoms with van der Waals surface area (Å²) >= 11 is 0. The smallest absolute Gasteiger partial charge is 0.160 e. The molecule has 1 aliphatic carbocycles. The van der Waals surface area contributed by atoms with E-state index in [2.05, 4.69) is 20.2 Å². The Morgan fingerprint density at radius 3 is 2.31 bits per heavy atom. The van der Waals surface area contributed by atoms with Gasteiger partial charge in [0.2, 0.25) is 0 Å². The fraction of sp³-hybridized carbons (Fsp3) is 0.750. The molecule has 0 aromatic carbocycles. The van der Waals surface area contributed by atoms with Crippen molar-refractivity contribution in [2.24, 2.45) is 0 Å².